The molecule has 0 aromatic carbocycles. The first-order valence-corrected chi connectivity index (χ1v) is 6.57. The Morgan fingerprint density at radius 2 is 2.29 bits per heavy atom. The fraction of sp³-hybridized carbons (Fsp3) is 0.769. The highest BCUT2D eigenvalue weighted by molar-refractivity contribution is 5.79. The molecule has 2 N–H and O–H groups in total. The molecule has 2 saturated heterocycles. The SMILES string of the molecule is C=CCN1CCCC(N2CC(CN)CC2=O)C1. The molecular formula is C13H23N3O. The molecular weight excluding hydrogens is 214 g/mol. The molecule has 0 aromatic heterocycles. The highest BCUT2D eigenvalue weighted by atomic mass is 16.2. The normalized spacial score (nSPS) is 30.9. The molecule has 0 spiro atoms. The molecule has 2 atom stereocenters. The van der Waals surface area contributed by atoms with Crippen molar-refractivity contribution in [1.29, 1.82) is 0 Å². The van der Waals surface area contributed by atoms with E-state index in [4.69, 9.17) is 5.73 Å². The zero-order valence-corrected chi connectivity index (χ0v) is 10.5. The molecule has 0 aromatic rings. The molecule has 96 valence electrons. The van der Waals surface area contributed by atoms with Crippen LogP contribution in [-0.4, -0.2) is 54.5 Å². The topological polar surface area (TPSA) is 49.6 Å². The second-order valence-electron chi connectivity index (χ2n) is 5.20. The van der Waals surface area contributed by atoms with Gasteiger partial charge in [-0.05, 0) is 31.8 Å². The van der Waals surface area contributed by atoms with Gasteiger partial charge in [-0.2, -0.15) is 0 Å². The average molecular weight is 237 g/mol. The van der Waals surface area contributed by atoms with Crippen LogP contribution in [0, 0.1) is 5.92 Å². The van der Waals surface area contributed by atoms with Gasteiger partial charge in [0.15, 0.2) is 0 Å². The molecule has 0 aliphatic carbocycles. The molecule has 17 heavy (non-hydrogen) atoms. The highest BCUT2D eigenvalue weighted by Gasteiger charge is 2.35. The fourth-order valence-electron chi connectivity index (χ4n) is 2.95. The Bertz CT molecular complexity index is 292. The van der Waals surface area contributed by atoms with Crippen LogP contribution in [0.3, 0.4) is 0 Å². The van der Waals surface area contributed by atoms with Crippen molar-refractivity contribution in [2.75, 3.05) is 32.7 Å². The lowest BCUT2D eigenvalue weighted by Crippen LogP contribution is -2.48. The van der Waals surface area contributed by atoms with Gasteiger partial charge in [0.1, 0.15) is 0 Å². The predicted octanol–water partition coefficient (Wildman–Crippen LogP) is 0.444. The third-order valence-corrected chi connectivity index (χ3v) is 3.88. The number of hydrogen-bond donors (Lipinski definition) is 1. The molecule has 2 aliphatic heterocycles. The third kappa shape index (κ3) is 2.87. The minimum absolute atomic E-state index is 0.297. The number of likely N-dealkylation sites (tertiary alicyclic amines) is 2. The van der Waals surface area contributed by atoms with Crippen molar-refractivity contribution < 1.29 is 4.79 Å². The lowest BCUT2D eigenvalue weighted by molar-refractivity contribution is -0.130. The van der Waals surface area contributed by atoms with Crippen LogP contribution in [0.25, 0.3) is 0 Å². The summed E-state index contributed by atoms with van der Waals surface area (Å²) >= 11 is 0. The van der Waals surface area contributed by atoms with Crippen LogP contribution in [0.4, 0.5) is 0 Å². The number of carbonyl (C=O) groups excluding carboxylic acids is 1. The number of nitrogens with two attached hydrogens (primary N) is 1. The van der Waals surface area contributed by atoms with Crippen LogP contribution in [0.5, 0.6) is 0 Å². The molecule has 0 bridgehead atoms. The zero-order valence-electron chi connectivity index (χ0n) is 10.5. The van der Waals surface area contributed by atoms with Crippen molar-refractivity contribution in [3.63, 3.8) is 0 Å². The number of amides is 1. The molecule has 2 heterocycles. The zero-order chi connectivity index (χ0) is 12.3. The third-order valence-electron chi connectivity index (χ3n) is 3.88. The summed E-state index contributed by atoms with van der Waals surface area (Å²) in [6.07, 6.45) is 4.90. The van der Waals surface area contributed by atoms with E-state index in [1.165, 1.54) is 6.42 Å². The van der Waals surface area contributed by atoms with Crippen molar-refractivity contribution in [2.45, 2.75) is 25.3 Å². The maximum Gasteiger partial charge on any atom is 0.223 e. The molecule has 4 nitrogen and oxygen atoms in total. The second-order valence-corrected chi connectivity index (χ2v) is 5.20. The van der Waals surface area contributed by atoms with E-state index < -0.39 is 0 Å². The van der Waals surface area contributed by atoms with E-state index in [9.17, 15) is 4.79 Å². The summed E-state index contributed by atoms with van der Waals surface area (Å²) in [5, 5.41) is 0. The minimum Gasteiger partial charge on any atom is -0.338 e. The lowest BCUT2D eigenvalue weighted by atomic mass is 10.0. The van der Waals surface area contributed by atoms with Crippen molar-refractivity contribution in [3.8, 4) is 0 Å². The predicted molar refractivity (Wildman–Crippen MR) is 68.5 cm³/mol. The van der Waals surface area contributed by atoms with Gasteiger partial charge in [0.2, 0.25) is 5.91 Å². The van der Waals surface area contributed by atoms with Gasteiger partial charge in [-0.25, -0.2) is 0 Å². The summed E-state index contributed by atoms with van der Waals surface area (Å²) in [5.74, 6) is 0.670. The van der Waals surface area contributed by atoms with Gasteiger partial charge in [-0.15, -0.1) is 6.58 Å². The first-order chi connectivity index (χ1) is 8.24. The van der Waals surface area contributed by atoms with E-state index in [-0.39, 0.29) is 0 Å². The Morgan fingerprint density at radius 1 is 1.47 bits per heavy atom. The maximum atomic E-state index is 11.9. The largest absolute Gasteiger partial charge is 0.338 e. The highest BCUT2D eigenvalue weighted by Crippen LogP contribution is 2.24. The summed E-state index contributed by atoms with van der Waals surface area (Å²) < 4.78 is 0. The van der Waals surface area contributed by atoms with Gasteiger partial charge in [0.05, 0.1) is 0 Å². The molecule has 2 fully saturated rings. The van der Waals surface area contributed by atoms with Gasteiger partial charge in [-0.3, -0.25) is 9.69 Å². The van der Waals surface area contributed by atoms with E-state index in [2.05, 4.69) is 16.4 Å². The van der Waals surface area contributed by atoms with E-state index in [0.717, 1.165) is 32.6 Å². The Morgan fingerprint density at radius 3 is 2.94 bits per heavy atom. The first-order valence-electron chi connectivity index (χ1n) is 6.57. The van der Waals surface area contributed by atoms with E-state index in [1.54, 1.807) is 0 Å². The Labute approximate surface area is 103 Å². The molecule has 2 aliphatic rings. The Kier molecular flexibility index (Phi) is 4.18. The van der Waals surface area contributed by atoms with Crippen LogP contribution >= 0.6 is 0 Å². The van der Waals surface area contributed by atoms with Crippen LogP contribution in [0.1, 0.15) is 19.3 Å². The molecule has 2 unspecified atom stereocenters. The van der Waals surface area contributed by atoms with Crippen molar-refractivity contribution >= 4 is 5.91 Å². The maximum absolute atomic E-state index is 11.9. The molecule has 4 heteroatoms. The summed E-state index contributed by atoms with van der Waals surface area (Å²) in [4.78, 5) is 16.4. The van der Waals surface area contributed by atoms with Crippen LogP contribution < -0.4 is 5.73 Å². The van der Waals surface area contributed by atoms with E-state index in [0.29, 0.717) is 30.8 Å². The minimum atomic E-state index is 0.297. The summed E-state index contributed by atoms with van der Waals surface area (Å²) in [6, 6.07) is 0.396. The van der Waals surface area contributed by atoms with Crippen LogP contribution in [-0.2, 0) is 4.79 Å². The van der Waals surface area contributed by atoms with E-state index in [1.807, 2.05) is 6.08 Å². The molecule has 0 saturated carbocycles. The number of rotatable bonds is 4. The summed E-state index contributed by atoms with van der Waals surface area (Å²) in [6.45, 7) is 8.33. The number of hydrogen-bond acceptors (Lipinski definition) is 3. The van der Waals surface area contributed by atoms with Crippen LogP contribution in [0.2, 0.25) is 0 Å². The van der Waals surface area contributed by atoms with Crippen LogP contribution in [0.15, 0.2) is 12.7 Å². The van der Waals surface area contributed by atoms with Gasteiger partial charge in [-0.1, -0.05) is 6.08 Å². The van der Waals surface area contributed by atoms with Crippen molar-refractivity contribution in [2.24, 2.45) is 11.7 Å². The smallest absolute Gasteiger partial charge is 0.223 e. The monoisotopic (exact) mass is 237 g/mol. The average Bonchev–Trinajstić information content (AvgIpc) is 2.71. The molecule has 0 radical (unpaired) electrons. The van der Waals surface area contributed by atoms with Gasteiger partial charge < -0.3 is 10.6 Å². The number of carbonyl (C=O) groups is 1. The Balaban J connectivity index is 1.93. The molecule has 2 rings (SSSR count). The number of piperidine rings is 1. The lowest BCUT2D eigenvalue weighted by Gasteiger charge is -2.37. The van der Waals surface area contributed by atoms with Gasteiger partial charge in [0, 0.05) is 32.1 Å². The molecule has 1 amide bonds. The fourth-order valence-corrected chi connectivity index (χ4v) is 2.95. The first kappa shape index (κ1) is 12.6. The van der Waals surface area contributed by atoms with Crippen molar-refractivity contribution in [1.82, 2.24) is 9.80 Å². The quantitative estimate of drug-likeness (QED) is 0.722. The van der Waals surface area contributed by atoms with E-state index >= 15 is 0 Å². The second kappa shape index (κ2) is 5.65. The Hall–Kier alpha value is -0.870. The van der Waals surface area contributed by atoms with Gasteiger partial charge >= 0.3 is 0 Å². The summed E-state index contributed by atoms with van der Waals surface area (Å²) in [7, 11) is 0. The standard InChI is InChI=1S/C13H23N3O/c1-2-5-15-6-3-4-12(10-15)16-9-11(8-14)7-13(16)17/h2,11-12H,1,3-10,14H2. The number of nitrogens with zero attached hydrogens (tertiary/aromatic N) is 2. The van der Waals surface area contributed by atoms with Gasteiger partial charge in [0.25, 0.3) is 0 Å². The summed E-state index contributed by atoms with van der Waals surface area (Å²) in [5.41, 5.74) is 5.66. The van der Waals surface area contributed by atoms with Crippen molar-refractivity contribution in [3.05, 3.63) is 12.7 Å².